The van der Waals surface area contributed by atoms with E-state index in [0.29, 0.717) is 10.9 Å². The minimum absolute atomic E-state index is 0.107. The van der Waals surface area contributed by atoms with Crippen LogP contribution in [0.15, 0.2) is 60.8 Å². The normalized spacial score (nSPS) is 12.4. The van der Waals surface area contributed by atoms with Crippen molar-refractivity contribution in [3.63, 3.8) is 0 Å². The molecule has 150 valence electrons. The Labute approximate surface area is 163 Å². The van der Waals surface area contributed by atoms with E-state index in [4.69, 9.17) is 0 Å². The predicted molar refractivity (Wildman–Crippen MR) is 100 cm³/mol. The number of nitrogens with one attached hydrogen (secondary N) is 2. The van der Waals surface area contributed by atoms with Gasteiger partial charge in [0.25, 0.3) is 5.91 Å². The first-order chi connectivity index (χ1) is 13.8. The second-order valence-electron chi connectivity index (χ2n) is 6.19. The zero-order chi connectivity index (χ0) is 21.0. The fourth-order valence-corrected chi connectivity index (χ4v) is 2.63. The lowest BCUT2D eigenvalue weighted by Gasteiger charge is -2.17. The Morgan fingerprint density at radius 2 is 1.83 bits per heavy atom. The molecule has 0 aliphatic rings. The van der Waals surface area contributed by atoms with Gasteiger partial charge < -0.3 is 15.7 Å². The lowest BCUT2D eigenvalue weighted by atomic mass is 10.1. The molecule has 0 aliphatic carbocycles. The maximum absolute atomic E-state index is 12.8. The highest BCUT2D eigenvalue weighted by atomic mass is 19.4. The van der Waals surface area contributed by atoms with Crippen LogP contribution in [0.2, 0.25) is 0 Å². The summed E-state index contributed by atoms with van der Waals surface area (Å²) in [6, 6.07) is 11.4. The number of carbonyl (C=O) groups excluding carboxylic acids is 2. The molecule has 1 heterocycles. The molecule has 0 bridgehead atoms. The van der Waals surface area contributed by atoms with Crippen molar-refractivity contribution in [2.24, 2.45) is 0 Å². The van der Waals surface area contributed by atoms with Gasteiger partial charge in [-0.3, -0.25) is 14.6 Å². The Balaban J connectivity index is 1.71. The van der Waals surface area contributed by atoms with Crippen molar-refractivity contribution in [2.45, 2.75) is 12.2 Å². The van der Waals surface area contributed by atoms with Crippen molar-refractivity contribution >= 4 is 28.4 Å². The van der Waals surface area contributed by atoms with E-state index in [1.54, 1.807) is 30.3 Å². The number of pyridine rings is 1. The van der Waals surface area contributed by atoms with Crippen LogP contribution in [-0.4, -0.2) is 34.6 Å². The molecule has 29 heavy (non-hydrogen) atoms. The Kier molecular flexibility index (Phi) is 5.79. The molecule has 3 aromatic rings. The van der Waals surface area contributed by atoms with Gasteiger partial charge in [0.15, 0.2) is 0 Å². The van der Waals surface area contributed by atoms with Crippen LogP contribution in [0.3, 0.4) is 0 Å². The monoisotopic (exact) mass is 403 g/mol. The maximum Gasteiger partial charge on any atom is 0.416 e. The third kappa shape index (κ3) is 4.88. The van der Waals surface area contributed by atoms with Gasteiger partial charge >= 0.3 is 6.18 Å². The highest BCUT2D eigenvalue weighted by Gasteiger charge is 2.30. The number of amides is 2. The molecule has 2 amide bonds. The quantitative estimate of drug-likeness (QED) is 0.611. The van der Waals surface area contributed by atoms with Gasteiger partial charge in [0, 0.05) is 17.3 Å². The second-order valence-corrected chi connectivity index (χ2v) is 6.19. The summed E-state index contributed by atoms with van der Waals surface area (Å²) in [5.41, 5.74) is -0.175. The Hall–Kier alpha value is -3.46. The Bertz CT molecular complexity index is 1050. The third-order valence-electron chi connectivity index (χ3n) is 4.11. The summed E-state index contributed by atoms with van der Waals surface area (Å²) in [6.07, 6.45) is -3.23. The molecule has 0 spiro atoms. The van der Waals surface area contributed by atoms with E-state index in [0.717, 1.165) is 18.2 Å². The van der Waals surface area contributed by atoms with Gasteiger partial charge in [-0.05, 0) is 30.3 Å². The number of aromatic nitrogens is 1. The molecular weight excluding hydrogens is 387 g/mol. The summed E-state index contributed by atoms with van der Waals surface area (Å²) >= 11 is 0. The topological polar surface area (TPSA) is 91.3 Å². The first-order valence-electron chi connectivity index (χ1n) is 8.52. The van der Waals surface area contributed by atoms with Crippen LogP contribution in [0.4, 0.5) is 18.9 Å². The van der Waals surface area contributed by atoms with Gasteiger partial charge in [-0.1, -0.05) is 24.3 Å². The zero-order valence-corrected chi connectivity index (χ0v) is 14.9. The Morgan fingerprint density at radius 3 is 2.55 bits per heavy atom. The second kappa shape index (κ2) is 8.27. The summed E-state index contributed by atoms with van der Waals surface area (Å²) < 4.78 is 38.4. The number of aliphatic hydroxyl groups excluding tert-OH is 1. The highest BCUT2D eigenvalue weighted by molar-refractivity contribution is 6.02. The minimum Gasteiger partial charge on any atom is -0.394 e. The van der Waals surface area contributed by atoms with Crippen LogP contribution in [0, 0.1) is 0 Å². The SMILES string of the molecule is O=C(N[C@@H](CO)C(=O)Nc1cccc(C(F)(F)F)c1)c1cnc2ccccc2c1. The standard InChI is InChI=1S/C20H16F3N3O3/c21-20(22,23)14-5-3-6-15(9-14)25-19(29)17(11-27)26-18(28)13-8-12-4-1-2-7-16(12)24-10-13/h1-10,17,27H,11H2,(H,25,29)(H,26,28)/t17-/m0/s1. The first-order valence-corrected chi connectivity index (χ1v) is 8.52. The maximum atomic E-state index is 12.8. The van der Waals surface area contributed by atoms with Crippen LogP contribution in [0.1, 0.15) is 15.9 Å². The van der Waals surface area contributed by atoms with E-state index in [9.17, 15) is 27.9 Å². The van der Waals surface area contributed by atoms with Crippen molar-refractivity contribution in [3.8, 4) is 0 Å². The van der Waals surface area contributed by atoms with E-state index in [2.05, 4.69) is 15.6 Å². The van der Waals surface area contributed by atoms with Gasteiger partial charge in [0.1, 0.15) is 6.04 Å². The molecule has 6 nitrogen and oxygen atoms in total. The van der Waals surface area contributed by atoms with Gasteiger partial charge in [-0.2, -0.15) is 13.2 Å². The molecule has 3 N–H and O–H groups in total. The average molecular weight is 403 g/mol. The first kappa shape index (κ1) is 20.3. The number of hydrogen-bond donors (Lipinski definition) is 3. The third-order valence-corrected chi connectivity index (χ3v) is 4.11. The van der Waals surface area contributed by atoms with E-state index < -0.39 is 36.2 Å². The fourth-order valence-electron chi connectivity index (χ4n) is 2.63. The number of rotatable bonds is 5. The van der Waals surface area contributed by atoms with E-state index in [1.807, 2.05) is 0 Å². The van der Waals surface area contributed by atoms with Crippen molar-refractivity contribution in [1.82, 2.24) is 10.3 Å². The number of para-hydroxylation sites is 1. The van der Waals surface area contributed by atoms with Gasteiger partial charge in [-0.25, -0.2) is 0 Å². The molecular formula is C20H16F3N3O3. The van der Waals surface area contributed by atoms with Gasteiger partial charge in [0.05, 0.1) is 23.3 Å². The summed E-state index contributed by atoms with van der Waals surface area (Å²) in [7, 11) is 0. The fraction of sp³-hybridized carbons (Fsp3) is 0.150. The number of fused-ring (bicyclic) bond motifs is 1. The molecule has 0 aliphatic heterocycles. The molecule has 9 heteroatoms. The molecule has 0 saturated carbocycles. The summed E-state index contributed by atoms with van der Waals surface area (Å²) in [5.74, 6) is -1.50. The number of anilines is 1. The lowest BCUT2D eigenvalue weighted by molar-refractivity contribution is -0.137. The zero-order valence-electron chi connectivity index (χ0n) is 14.9. The number of nitrogens with zero attached hydrogens (tertiary/aromatic N) is 1. The number of carbonyl (C=O) groups is 2. The van der Waals surface area contributed by atoms with Crippen LogP contribution >= 0.6 is 0 Å². The average Bonchev–Trinajstić information content (AvgIpc) is 2.71. The number of hydrogen-bond acceptors (Lipinski definition) is 4. The van der Waals surface area contributed by atoms with E-state index in [-0.39, 0.29) is 11.3 Å². The number of halogens is 3. The molecule has 3 rings (SSSR count). The van der Waals surface area contributed by atoms with Crippen LogP contribution in [-0.2, 0) is 11.0 Å². The van der Waals surface area contributed by atoms with Crippen molar-refractivity contribution < 1.29 is 27.9 Å². The summed E-state index contributed by atoms with van der Waals surface area (Å²) in [6.45, 7) is -0.739. The summed E-state index contributed by atoms with van der Waals surface area (Å²) in [5, 5.41) is 14.8. The largest absolute Gasteiger partial charge is 0.416 e. The molecule has 2 aromatic carbocycles. The molecule has 0 fully saturated rings. The van der Waals surface area contributed by atoms with Crippen molar-refractivity contribution in [3.05, 3.63) is 71.9 Å². The molecule has 0 saturated heterocycles. The van der Waals surface area contributed by atoms with Gasteiger partial charge in [0.2, 0.25) is 5.91 Å². The van der Waals surface area contributed by atoms with Crippen LogP contribution < -0.4 is 10.6 Å². The van der Waals surface area contributed by atoms with Crippen LogP contribution in [0.5, 0.6) is 0 Å². The highest BCUT2D eigenvalue weighted by Crippen LogP contribution is 2.30. The van der Waals surface area contributed by atoms with Gasteiger partial charge in [-0.15, -0.1) is 0 Å². The van der Waals surface area contributed by atoms with Crippen LogP contribution in [0.25, 0.3) is 10.9 Å². The van der Waals surface area contributed by atoms with E-state index in [1.165, 1.54) is 12.3 Å². The van der Waals surface area contributed by atoms with E-state index >= 15 is 0 Å². The smallest absolute Gasteiger partial charge is 0.394 e. The van der Waals surface area contributed by atoms with Crippen molar-refractivity contribution in [1.29, 1.82) is 0 Å². The van der Waals surface area contributed by atoms with Crippen molar-refractivity contribution in [2.75, 3.05) is 11.9 Å². The molecule has 1 atom stereocenters. The number of aliphatic hydroxyl groups is 1. The number of benzene rings is 2. The number of alkyl halides is 3. The molecule has 0 unspecified atom stereocenters. The summed E-state index contributed by atoms with van der Waals surface area (Å²) in [4.78, 5) is 28.9. The molecule has 1 aromatic heterocycles. The lowest BCUT2D eigenvalue weighted by Crippen LogP contribution is -2.46. The minimum atomic E-state index is -4.56. The molecule has 0 radical (unpaired) electrons. The Morgan fingerprint density at radius 1 is 1.07 bits per heavy atom. The predicted octanol–water partition coefficient (Wildman–Crippen LogP) is 2.98.